The summed E-state index contributed by atoms with van der Waals surface area (Å²) in [5.74, 6) is 2.11. The Kier molecular flexibility index (Phi) is 6.97. The van der Waals surface area contributed by atoms with Gasteiger partial charge in [-0.1, -0.05) is 71.4 Å². The maximum atomic E-state index is 11.1. The third kappa shape index (κ3) is 4.02. The van der Waals surface area contributed by atoms with Crippen LogP contribution >= 0.6 is 0 Å². The molecule has 0 spiro atoms. The van der Waals surface area contributed by atoms with Crippen LogP contribution in [0.5, 0.6) is 0 Å². The van der Waals surface area contributed by atoms with Gasteiger partial charge < -0.3 is 19.7 Å². The molecule has 0 aromatic rings. The zero-order chi connectivity index (χ0) is 27.3. The largest absolute Gasteiger partial charge is 0.512 e. The number of hydrogen-bond donors (Lipinski definition) is 2. The summed E-state index contributed by atoms with van der Waals surface area (Å²) in [6.07, 6.45) is 26.2. The van der Waals surface area contributed by atoms with Crippen molar-refractivity contribution in [1.29, 1.82) is 0 Å². The minimum atomic E-state index is -0.328. The number of allylic oxidation sites excluding steroid dienone is 15. The highest BCUT2D eigenvalue weighted by molar-refractivity contribution is 5.64. The Hall–Kier alpha value is -2.82. The number of fused-ring (bicyclic) bond motifs is 4. The van der Waals surface area contributed by atoms with Crippen LogP contribution in [-0.4, -0.2) is 37.6 Å². The van der Waals surface area contributed by atoms with Crippen LogP contribution in [0.15, 0.2) is 105 Å². The zero-order valence-corrected chi connectivity index (χ0v) is 23.7. The van der Waals surface area contributed by atoms with Gasteiger partial charge in [0.15, 0.2) is 0 Å². The fourth-order valence-electron chi connectivity index (χ4n) is 8.54. The van der Waals surface area contributed by atoms with Crippen molar-refractivity contribution in [2.75, 3.05) is 27.4 Å². The molecule has 4 heteroatoms. The monoisotopic (exact) mass is 526 g/mol. The Labute approximate surface area is 233 Å². The van der Waals surface area contributed by atoms with Gasteiger partial charge in [0.05, 0.1) is 13.2 Å². The van der Waals surface area contributed by atoms with Crippen LogP contribution in [0.4, 0.5) is 0 Å². The molecule has 6 rings (SSSR count). The zero-order valence-electron chi connectivity index (χ0n) is 23.7. The topological polar surface area (TPSA) is 58.9 Å². The van der Waals surface area contributed by atoms with E-state index in [2.05, 4.69) is 54.7 Å². The van der Waals surface area contributed by atoms with E-state index in [1.165, 1.54) is 29.6 Å². The molecule has 0 amide bonds. The van der Waals surface area contributed by atoms with E-state index >= 15 is 0 Å². The van der Waals surface area contributed by atoms with Crippen molar-refractivity contribution in [3.63, 3.8) is 0 Å². The predicted molar refractivity (Wildman–Crippen MR) is 156 cm³/mol. The third-order valence-electron chi connectivity index (χ3n) is 10.0. The molecular weight excluding hydrogens is 484 g/mol. The summed E-state index contributed by atoms with van der Waals surface area (Å²) in [7, 11) is 3.43. The van der Waals surface area contributed by atoms with Crippen LogP contribution in [-0.2, 0) is 9.47 Å². The molecule has 4 nitrogen and oxygen atoms in total. The Balaban J connectivity index is 1.61. The molecule has 0 saturated carbocycles. The van der Waals surface area contributed by atoms with Crippen LogP contribution in [0.3, 0.4) is 0 Å². The van der Waals surface area contributed by atoms with E-state index in [9.17, 15) is 10.2 Å². The summed E-state index contributed by atoms with van der Waals surface area (Å²) in [5, 5.41) is 22.1. The molecule has 6 aliphatic rings. The molecule has 6 atom stereocenters. The summed E-state index contributed by atoms with van der Waals surface area (Å²) < 4.78 is 11.2. The average molecular weight is 527 g/mol. The fourth-order valence-corrected chi connectivity index (χ4v) is 8.54. The summed E-state index contributed by atoms with van der Waals surface area (Å²) in [5.41, 5.74) is 8.46. The molecule has 2 N–H and O–H groups in total. The van der Waals surface area contributed by atoms with Crippen molar-refractivity contribution in [2.45, 2.75) is 46.0 Å². The Morgan fingerprint density at radius 3 is 2.64 bits per heavy atom. The lowest BCUT2D eigenvalue weighted by atomic mass is 9.56. The van der Waals surface area contributed by atoms with E-state index in [1.807, 2.05) is 13.8 Å². The maximum absolute atomic E-state index is 11.1. The van der Waals surface area contributed by atoms with Crippen molar-refractivity contribution in [3.8, 4) is 0 Å². The van der Waals surface area contributed by atoms with Gasteiger partial charge in [-0.15, -0.1) is 0 Å². The van der Waals surface area contributed by atoms with E-state index in [0.717, 1.165) is 36.0 Å². The number of hydrogen-bond acceptors (Lipinski definition) is 4. The van der Waals surface area contributed by atoms with Crippen molar-refractivity contribution >= 4 is 0 Å². The highest BCUT2D eigenvalue weighted by Crippen LogP contribution is 2.67. The number of ether oxygens (including phenoxy) is 2. The lowest BCUT2D eigenvalue weighted by Crippen LogP contribution is -2.39. The molecule has 0 aromatic heterocycles. The normalized spacial score (nSPS) is 35.5. The Morgan fingerprint density at radius 2 is 1.85 bits per heavy atom. The molecule has 0 bridgehead atoms. The second-order valence-corrected chi connectivity index (χ2v) is 12.2. The van der Waals surface area contributed by atoms with Crippen molar-refractivity contribution in [3.05, 3.63) is 105 Å². The fraction of sp³-hybridized carbons (Fsp3) is 0.486. The van der Waals surface area contributed by atoms with E-state index in [1.54, 1.807) is 19.8 Å². The van der Waals surface area contributed by atoms with Crippen molar-refractivity contribution < 1.29 is 19.7 Å². The first kappa shape index (κ1) is 26.4. The van der Waals surface area contributed by atoms with Gasteiger partial charge in [0.25, 0.3) is 0 Å². The van der Waals surface area contributed by atoms with Gasteiger partial charge in [-0.05, 0) is 74.2 Å². The second kappa shape index (κ2) is 10.3. The molecule has 0 saturated heterocycles. The maximum Gasteiger partial charge on any atom is 0.119 e. The molecular formula is C35H42O4. The van der Waals surface area contributed by atoms with Gasteiger partial charge in [-0.2, -0.15) is 0 Å². The van der Waals surface area contributed by atoms with E-state index in [0.29, 0.717) is 42.5 Å². The molecule has 0 fully saturated rings. The highest BCUT2D eigenvalue weighted by atomic mass is 16.5. The minimum Gasteiger partial charge on any atom is -0.512 e. The first-order valence-electron chi connectivity index (χ1n) is 14.6. The SMILES string of the molecule is COCC1=C(O)C(C)=CC(C2(C3=CC(C)=C(O)C(COC)C3)C3=CCCCC3C3=C2C=CC2C=CC=CC32)C1. The van der Waals surface area contributed by atoms with E-state index in [4.69, 9.17) is 9.47 Å². The standard InChI is InChI=1S/C35H42O4/c1-21-15-26(17-24(19-38-3)33(21)36)35(27-16-22(2)34(37)25(18-27)20-39-4)30-12-8-7-11-29(30)32-28-10-6-5-9-23(28)13-14-31(32)35/h5-6,9-10,12-16,23-24,27-29,36-37H,7-8,11,17-20H2,1-4H3. The molecule has 0 heterocycles. The number of methoxy groups -OCH3 is 2. The summed E-state index contributed by atoms with van der Waals surface area (Å²) >= 11 is 0. The molecule has 0 aromatic carbocycles. The van der Waals surface area contributed by atoms with E-state index in [-0.39, 0.29) is 17.3 Å². The number of aliphatic hydroxyl groups is 2. The van der Waals surface area contributed by atoms with Gasteiger partial charge in [0.2, 0.25) is 0 Å². The van der Waals surface area contributed by atoms with E-state index < -0.39 is 0 Å². The van der Waals surface area contributed by atoms with Crippen molar-refractivity contribution in [2.24, 2.45) is 35.0 Å². The third-order valence-corrected chi connectivity index (χ3v) is 10.0. The molecule has 6 unspecified atom stereocenters. The quantitative estimate of drug-likeness (QED) is 0.347. The Morgan fingerprint density at radius 1 is 1.03 bits per heavy atom. The smallest absolute Gasteiger partial charge is 0.119 e. The van der Waals surface area contributed by atoms with Gasteiger partial charge in [-0.3, -0.25) is 0 Å². The van der Waals surface area contributed by atoms with Gasteiger partial charge >= 0.3 is 0 Å². The second-order valence-electron chi connectivity index (χ2n) is 12.2. The molecule has 0 aliphatic heterocycles. The summed E-state index contributed by atoms with van der Waals surface area (Å²) in [6.45, 7) is 4.99. The van der Waals surface area contributed by atoms with Crippen LogP contribution in [0.25, 0.3) is 0 Å². The molecule has 6 aliphatic carbocycles. The average Bonchev–Trinajstić information content (AvgIpc) is 3.25. The summed E-state index contributed by atoms with van der Waals surface area (Å²) in [4.78, 5) is 0. The Bertz CT molecular complexity index is 1330. The summed E-state index contributed by atoms with van der Waals surface area (Å²) in [6, 6.07) is 0. The van der Waals surface area contributed by atoms with Crippen LogP contribution in [0.1, 0.15) is 46.0 Å². The lowest BCUT2D eigenvalue weighted by Gasteiger charge is -2.47. The van der Waals surface area contributed by atoms with Crippen LogP contribution in [0.2, 0.25) is 0 Å². The van der Waals surface area contributed by atoms with Gasteiger partial charge in [0, 0.05) is 43.3 Å². The number of aliphatic hydroxyl groups excluding tert-OH is 2. The first-order chi connectivity index (χ1) is 18.9. The molecule has 0 radical (unpaired) electrons. The van der Waals surface area contributed by atoms with Crippen LogP contribution in [0, 0.1) is 35.0 Å². The van der Waals surface area contributed by atoms with Gasteiger partial charge in [-0.25, -0.2) is 0 Å². The first-order valence-corrected chi connectivity index (χ1v) is 14.6. The van der Waals surface area contributed by atoms with Crippen molar-refractivity contribution in [1.82, 2.24) is 0 Å². The molecule has 39 heavy (non-hydrogen) atoms. The van der Waals surface area contributed by atoms with Crippen LogP contribution < -0.4 is 0 Å². The van der Waals surface area contributed by atoms with Gasteiger partial charge in [0.1, 0.15) is 11.5 Å². The lowest BCUT2D eigenvalue weighted by molar-refractivity contribution is 0.137. The minimum absolute atomic E-state index is 0.0620. The molecule has 206 valence electrons. The predicted octanol–water partition coefficient (Wildman–Crippen LogP) is 7.79. The highest BCUT2D eigenvalue weighted by Gasteiger charge is 2.58. The number of rotatable bonds is 6.